The van der Waals surface area contributed by atoms with Gasteiger partial charge in [-0.2, -0.15) is 13.2 Å². The first-order valence-corrected chi connectivity index (χ1v) is 9.35. The molecule has 0 spiro atoms. The van der Waals surface area contributed by atoms with Gasteiger partial charge in [0.1, 0.15) is 5.69 Å². The number of pyridine rings is 1. The van der Waals surface area contributed by atoms with Gasteiger partial charge in [0.25, 0.3) is 5.91 Å². The van der Waals surface area contributed by atoms with Crippen LogP contribution in [0.5, 0.6) is 0 Å². The smallest absolute Gasteiger partial charge is 0.273 e. The minimum atomic E-state index is -4.55. The van der Waals surface area contributed by atoms with Gasteiger partial charge in [-0.3, -0.25) is 25.4 Å². The predicted molar refractivity (Wildman–Crippen MR) is 90.1 cm³/mol. The van der Waals surface area contributed by atoms with Crippen LogP contribution in [0, 0.1) is 23.2 Å². The van der Waals surface area contributed by atoms with Crippen LogP contribution in [0.2, 0.25) is 0 Å². The number of carbonyl (C=O) groups excluding carboxylic acids is 2. The topological polar surface area (TPSA) is 71.1 Å². The molecule has 0 saturated heterocycles. The SMILES string of the molecule is O=C(CC12CC3CC(CC(C3)C1)C2)NNC(=O)c1ccc(C(F)(F)F)nc1. The monoisotopic (exact) mass is 381 g/mol. The first-order chi connectivity index (χ1) is 12.7. The Balaban J connectivity index is 1.31. The molecular weight excluding hydrogens is 359 g/mol. The molecule has 0 aromatic carbocycles. The van der Waals surface area contributed by atoms with Crippen LogP contribution in [-0.4, -0.2) is 16.8 Å². The second-order valence-electron chi connectivity index (χ2n) is 8.53. The molecule has 2 amide bonds. The lowest BCUT2D eigenvalue weighted by Gasteiger charge is -2.56. The standard InChI is InChI=1S/C19H22F3N3O2/c20-19(21,22)15-2-1-14(10-23-15)17(27)25-24-16(26)9-18-6-11-3-12(7-18)5-13(4-11)8-18/h1-2,10-13H,3-9H2,(H,24,26)(H,25,27). The van der Waals surface area contributed by atoms with Crippen molar-refractivity contribution >= 4 is 11.8 Å². The summed E-state index contributed by atoms with van der Waals surface area (Å²) in [6.45, 7) is 0. The molecule has 5 nitrogen and oxygen atoms in total. The molecule has 8 heteroatoms. The van der Waals surface area contributed by atoms with Crippen molar-refractivity contribution in [3.8, 4) is 0 Å². The van der Waals surface area contributed by atoms with E-state index >= 15 is 0 Å². The van der Waals surface area contributed by atoms with Gasteiger partial charge in [0.15, 0.2) is 0 Å². The molecule has 2 N–H and O–H groups in total. The van der Waals surface area contributed by atoms with Crippen LogP contribution in [0.15, 0.2) is 18.3 Å². The lowest BCUT2D eigenvalue weighted by atomic mass is 9.49. The molecule has 4 fully saturated rings. The summed E-state index contributed by atoms with van der Waals surface area (Å²) in [5, 5.41) is 0. The Kier molecular flexibility index (Phi) is 4.39. The average molecular weight is 381 g/mol. The first-order valence-electron chi connectivity index (χ1n) is 9.35. The number of hydrogen-bond acceptors (Lipinski definition) is 3. The number of alkyl halides is 3. The summed E-state index contributed by atoms with van der Waals surface area (Å²) in [6.07, 6.45) is 3.82. The van der Waals surface area contributed by atoms with E-state index in [1.807, 2.05) is 0 Å². The Morgan fingerprint density at radius 2 is 1.63 bits per heavy atom. The molecule has 4 aliphatic rings. The van der Waals surface area contributed by atoms with E-state index in [1.165, 1.54) is 19.3 Å². The number of nitrogens with zero attached hydrogens (tertiary/aromatic N) is 1. The Morgan fingerprint density at radius 1 is 1.04 bits per heavy atom. The predicted octanol–water partition coefficient (Wildman–Crippen LogP) is 3.47. The van der Waals surface area contributed by atoms with Crippen LogP contribution in [0.4, 0.5) is 13.2 Å². The second-order valence-corrected chi connectivity index (χ2v) is 8.53. The Labute approximate surface area is 155 Å². The van der Waals surface area contributed by atoms with E-state index in [4.69, 9.17) is 0 Å². The highest BCUT2D eigenvalue weighted by molar-refractivity contribution is 5.95. The summed E-state index contributed by atoms with van der Waals surface area (Å²) in [5.41, 5.74) is 3.64. The molecule has 0 atom stereocenters. The number of hydrazine groups is 1. The summed E-state index contributed by atoms with van der Waals surface area (Å²) in [4.78, 5) is 27.6. The molecule has 146 valence electrons. The van der Waals surface area contributed by atoms with Crippen LogP contribution in [0.3, 0.4) is 0 Å². The maximum atomic E-state index is 12.5. The molecule has 0 unspecified atom stereocenters. The number of amides is 2. The zero-order valence-electron chi connectivity index (χ0n) is 14.8. The molecule has 4 aliphatic carbocycles. The highest BCUT2D eigenvalue weighted by Crippen LogP contribution is 2.61. The van der Waals surface area contributed by atoms with E-state index in [1.54, 1.807) is 0 Å². The van der Waals surface area contributed by atoms with Gasteiger partial charge in [-0.15, -0.1) is 0 Å². The third-order valence-corrected chi connectivity index (χ3v) is 6.33. The van der Waals surface area contributed by atoms with Crippen LogP contribution in [0.25, 0.3) is 0 Å². The van der Waals surface area contributed by atoms with E-state index in [0.717, 1.165) is 55.3 Å². The zero-order valence-corrected chi connectivity index (χ0v) is 14.8. The van der Waals surface area contributed by atoms with Gasteiger partial charge < -0.3 is 0 Å². The molecule has 4 bridgehead atoms. The van der Waals surface area contributed by atoms with Crippen molar-refractivity contribution in [3.63, 3.8) is 0 Å². The zero-order chi connectivity index (χ0) is 19.2. The van der Waals surface area contributed by atoms with Crippen molar-refractivity contribution in [2.24, 2.45) is 23.2 Å². The Hall–Kier alpha value is -2.12. The van der Waals surface area contributed by atoms with Crippen molar-refractivity contribution in [1.29, 1.82) is 0 Å². The first kappa shape index (κ1) is 18.3. The highest BCUT2D eigenvalue weighted by atomic mass is 19.4. The van der Waals surface area contributed by atoms with Crippen LogP contribution in [-0.2, 0) is 11.0 Å². The van der Waals surface area contributed by atoms with Crippen molar-refractivity contribution in [2.45, 2.75) is 51.1 Å². The molecule has 1 heterocycles. The molecule has 1 aromatic heterocycles. The van der Waals surface area contributed by atoms with Gasteiger partial charge in [0.2, 0.25) is 5.91 Å². The van der Waals surface area contributed by atoms with Crippen LogP contribution < -0.4 is 10.9 Å². The lowest BCUT2D eigenvalue weighted by molar-refractivity contribution is -0.141. The van der Waals surface area contributed by atoms with Gasteiger partial charge in [-0.25, -0.2) is 0 Å². The third-order valence-electron chi connectivity index (χ3n) is 6.33. The van der Waals surface area contributed by atoms with Crippen LogP contribution >= 0.6 is 0 Å². The number of hydrogen-bond donors (Lipinski definition) is 2. The lowest BCUT2D eigenvalue weighted by Crippen LogP contribution is -2.50. The molecule has 4 saturated carbocycles. The molecule has 27 heavy (non-hydrogen) atoms. The maximum Gasteiger partial charge on any atom is 0.433 e. The van der Waals surface area contributed by atoms with Crippen molar-refractivity contribution < 1.29 is 22.8 Å². The number of halogens is 3. The maximum absolute atomic E-state index is 12.5. The Morgan fingerprint density at radius 3 is 2.11 bits per heavy atom. The number of aromatic nitrogens is 1. The summed E-state index contributed by atoms with van der Waals surface area (Å²) in [6, 6.07) is 1.78. The van der Waals surface area contributed by atoms with Gasteiger partial charge >= 0.3 is 6.18 Å². The van der Waals surface area contributed by atoms with E-state index in [0.29, 0.717) is 6.42 Å². The van der Waals surface area contributed by atoms with E-state index in [2.05, 4.69) is 15.8 Å². The average Bonchev–Trinajstić information content (AvgIpc) is 2.57. The van der Waals surface area contributed by atoms with Crippen LogP contribution in [0.1, 0.15) is 61.0 Å². The fourth-order valence-electron chi connectivity index (χ4n) is 5.79. The number of nitrogens with one attached hydrogen (secondary N) is 2. The number of rotatable bonds is 3. The van der Waals surface area contributed by atoms with Gasteiger partial charge in [0, 0.05) is 12.6 Å². The molecule has 0 aliphatic heterocycles. The van der Waals surface area contributed by atoms with Crippen molar-refractivity contribution in [1.82, 2.24) is 15.8 Å². The fourth-order valence-corrected chi connectivity index (χ4v) is 5.79. The van der Waals surface area contributed by atoms with E-state index in [-0.39, 0.29) is 16.9 Å². The third kappa shape index (κ3) is 3.80. The quantitative estimate of drug-likeness (QED) is 0.788. The van der Waals surface area contributed by atoms with Crippen molar-refractivity contribution in [3.05, 3.63) is 29.6 Å². The van der Waals surface area contributed by atoms with Gasteiger partial charge in [0.05, 0.1) is 5.56 Å². The summed E-state index contributed by atoms with van der Waals surface area (Å²) in [7, 11) is 0. The molecular formula is C19H22F3N3O2. The molecule has 1 aromatic rings. The van der Waals surface area contributed by atoms with Gasteiger partial charge in [-0.05, 0) is 73.8 Å². The largest absolute Gasteiger partial charge is 0.433 e. The Bertz CT molecular complexity index is 710. The summed E-state index contributed by atoms with van der Waals surface area (Å²) in [5.74, 6) is 1.27. The van der Waals surface area contributed by atoms with E-state index < -0.39 is 17.8 Å². The fraction of sp³-hybridized carbons (Fsp3) is 0.632. The summed E-state index contributed by atoms with van der Waals surface area (Å²) >= 11 is 0. The second kappa shape index (κ2) is 6.49. The highest BCUT2D eigenvalue weighted by Gasteiger charge is 2.51. The number of carbonyl (C=O) groups is 2. The normalized spacial score (nSPS) is 31.6. The molecule has 0 radical (unpaired) electrons. The minimum absolute atomic E-state index is 0.0434. The minimum Gasteiger partial charge on any atom is -0.273 e. The summed E-state index contributed by atoms with van der Waals surface area (Å²) < 4.78 is 37.5. The van der Waals surface area contributed by atoms with Crippen molar-refractivity contribution in [2.75, 3.05) is 0 Å². The van der Waals surface area contributed by atoms with Gasteiger partial charge in [-0.1, -0.05) is 0 Å². The van der Waals surface area contributed by atoms with E-state index in [9.17, 15) is 22.8 Å². The molecule has 5 rings (SSSR count).